The summed E-state index contributed by atoms with van der Waals surface area (Å²) in [5.41, 5.74) is 1.53. The number of rotatable bonds is 8. The van der Waals surface area contributed by atoms with E-state index >= 15 is 0 Å². The van der Waals surface area contributed by atoms with E-state index < -0.39 is 23.8 Å². The minimum Gasteiger partial charge on any atom is -0.481 e. The number of carbonyl (C=O) groups excluding carboxylic acids is 1. The second-order valence-corrected chi connectivity index (χ2v) is 8.80. The van der Waals surface area contributed by atoms with Crippen LogP contribution >= 0.6 is 23.2 Å². The molecule has 0 aliphatic rings. The van der Waals surface area contributed by atoms with Crippen LogP contribution in [0.25, 0.3) is 11.1 Å². The highest BCUT2D eigenvalue weighted by Gasteiger charge is 2.30. The van der Waals surface area contributed by atoms with Crippen molar-refractivity contribution in [2.24, 2.45) is 0 Å². The number of halogens is 5. The van der Waals surface area contributed by atoms with E-state index in [-0.39, 0.29) is 31.1 Å². The van der Waals surface area contributed by atoms with Gasteiger partial charge in [-0.25, -0.2) is 4.79 Å². The average molecular weight is 540 g/mol. The van der Waals surface area contributed by atoms with Crippen molar-refractivity contribution in [3.8, 4) is 11.1 Å². The van der Waals surface area contributed by atoms with Gasteiger partial charge < -0.3 is 14.7 Å². The Bertz CT molecular complexity index is 1230. The van der Waals surface area contributed by atoms with E-state index in [4.69, 9.17) is 27.9 Å². The van der Waals surface area contributed by atoms with E-state index in [0.717, 1.165) is 17.7 Å². The number of amides is 1. The van der Waals surface area contributed by atoms with Gasteiger partial charge in [-0.1, -0.05) is 47.5 Å². The van der Waals surface area contributed by atoms with Gasteiger partial charge in [-0.2, -0.15) is 13.2 Å². The largest absolute Gasteiger partial charge is 0.481 e. The van der Waals surface area contributed by atoms with Gasteiger partial charge in [0.15, 0.2) is 0 Å². The predicted octanol–water partition coefficient (Wildman–Crippen LogP) is 7.47. The van der Waals surface area contributed by atoms with Crippen LogP contribution in [0.3, 0.4) is 0 Å². The minimum atomic E-state index is -4.50. The number of carboxylic acids is 1. The van der Waals surface area contributed by atoms with E-state index in [1.165, 1.54) is 29.2 Å². The van der Waals surface area contributed by atoms with Gasteiger partial charge in [-0.05, 0) is 71.1 Å². The molecule has 0 aliphatic carbocycles. The molecule has 0 spiro atoms. The van der Waals surface area contributed by atoms with Crippen molar-refractivity contribution in [1.29, 1.82) is 0 Å². The van der Waals surface area contributed by atoms with E-state index in [1.807, 2.05) is 0 Å². The van der Waals surface area contributed by atoms with Crippen molar-refractivity contribution in [3.63, 3.8) is 0 Å². The molecule has 0 aromatic heterocycles. The molecule has 0 saturated heterocycles. The molecular weight excluding hydrogens is 518 g/mol. The number of carboxylic acid groups (broad SMARTS) is 1. The van der Waals surface area contributed by atoms with Crippen molar-refractivity contribution < 1.29 is 32.6 Å². The molecule has 0 bridgehead atoms. The SMILES string of the molecule is CCN(Cc1c(CC(=O)O)cc(Cl)cc1-c1ccc(C(F)(F)F)cc1)C(=O)OCc1ccc(Cl)cc1. The highest BCUT2D eigenvalue weighted by molar-refractivity contribution is 6.31. The third kappa shape index (κ3) is 7.15. The molecular formula is C26H22Cl2F3NO4. The minimum absolute atomic E-state index is 0.000858. The molecule has 10 heteroatoms. The molecule has 3 aromatic rings. The molecule has 3 aromatic carbocycles. The molecule has 0 heterocycles. The lowest BCUT2D eigenvalue weighted by molar-refractivity contribution is -0.138. The maximum atomic E-state index is 13.0. The van der Waals surface area contributed by atoms with Gasteiger partial charge in [-0.15, -0.1) is 0 Å². The molecule has 190 valence electrons. The van der Waals surface area contributed by atoms with Crippen molar-refractivity contribution in [2.75, 3.05) is 6.54 Å². The van der Waals surface area contributed by atoms with Gasteiger partial charge in [0.1, 0.15) is 6.61 Å². The number of ether oxygens (including phenoxy) is 1. The maximum absolute atomic E-state index is 13.0. The highest BCUT2D eigenvalue weighted by atomic mass is 35.5. The van der Waals surface area contributed by atoms with Crippen molar-refractivity contribution in [3.05, 3.63) is 93.0 Å². The van der Waals surface area contributed by atoms with Crippen LogP contribution in [0.15, 0.2) is 60.7 Å². The van der Waals surface area contributed by atoms with Crippen LogP contribution in [-0.2, 0) is 35.3 Å². The van der Waals surface area contributed by atoms with Crippen LogP contribution in [0.4, 0.5) is 18.0 Å². The zero-order chi connectivity index (χ0) is 26.5. The Morgan fingerprint density at radius 2 is 1.61 bits per heavy atom. The molecule has 0 fully saturated rings. The van der Waals surface area contributed by atoms with Crippen LogP contribution in [0, 0.1) is 0 Å². The van der Waals surface area contributed by atoms with E-state index in [0.29, 0.717) is 27.3 Å². The monoisotopic (exact) mass is 539 g/mol. The smallest absolute Gasteiger partial charge is 0.416 e. The molecule has 1 amide bonds. The van der Waals surface area contributed by atoms with E-state index in [1.54, 1.807) is 31.2 Å². The number of nitrogens with zero attached hydrogens (tertiary/aromatic N) is 1. The summed E-state index contributed by atoms with van der Waals surface area (Å²) < 4.78 is 44.5. The summed E-state index contributed by atoms with van der Waals surface area (Å²) in [6, 6.07) is 14.3. The lowest BCUT2D eigenvalue weighted by Crippen LogP contribution is -2.31. The maximum Gasteiger partial charge on any atom is 0.416 e. The van der Waals surface area contributed by atoms with Gasteiger partial charge >= 0.3 is 18.2 Å². The Labute approximate surface area is 216 Å². The fourth-order valence-corrected chi connectivity index (χ4v) is 3.98. The molecule has 0 aliphatic heterocycles. The lowest BCUT2D eigenvalue weighted by Gasteiger charge is -2.24. The zero-order valence-electron chi connectivity index (χ0n) is 19.1. The van der Waals surface area contributed by atoms with Gasteiger partial charge in [0, 0.05) is 23.1 Å². The third-order valence-corrected chi connectivity index (χ3v) is 5.91. The van der Waals surface area contributed by atoms with E-state index in [2.05, 4.69) is 0 Å². The number of hydrogen-bond donors (Lipinski definition) is 1. The molecule has 0 unspecified atom stereocenters. The second-order valence-electron chi connectivity index (χ2n) is 7.93. The van der Waals surface area contributed by atoms with Crippen LogP contribution in [0.2, 0.25) is 10.0 Å². The highest BCUT2D eigenvalue weighted by Crippen LogP contribution is 2.35. The predicted molar refractivity (Wildman–Crippen MR) is 131 cm³/mol. The summed E-state index contributed by atoms with van der Waals surface area (Å²) in [5, 5.41) is 10.2. The summed E-state index contributed by atoms with van der Waals surface area (Å²) in [6.07, 6.45) is -5.53. The summed E-state index contributed by atoms with van der Waals surface area (Å²) in [4.78, 5) is 25.7. The van der Waals surface area contributed by atoms with Gasteiger partial charge in [0.2, 0.25) is 0 Å². The van der Waals surface area contributed by atoms with Gasteiger partial charge in [0.25, 0.3) is 0 Å². The number of carbonyl (C=O) groups is 2. The van der Waals surface area contributed by atoms with Crippen molar-refractivity contribution in [1.82, 2.24) is 4.90 Å². The normalized spacial score (nSPS) is 11.3. The zero-order valence-corrected chi connectivity index (χ0v) is 20.6. The standard InChI is InChI=1S/C26H22Cl2F3NO4/c1-2-32(25(35)36-15-16-3-9-20(27)10-4-16)14-23-18(12-24(33)34)11-21(28)13-22(23)17-5-7-19(8-6-17)26(29,30)31/h3-11,13H,2,12,14-15H2,1H3,(H,33,34). The van der Waals surface area contributed by atoms with E-state index in [9.17, 15) is 27.9 Å². The quantitative estimate of drug-likeness (QED) is 0.322. The average Bonchev–Trinajstić information content (AvgIpc) is 2.82. The van der Waals surface area contributed by atoms with Crippen LogP contribution < -0.4 is 0 Å². The molecule has 0 saturated carbocycles. The fourth-order valence-electron chi connectivity index (χ4n) is 3.61. The first kappa shape index (κ1) is 27.4. The Morgan fingerprint density at radius 3 is 2.17 bits per heavy atom. The summed E-state index contributed by atoms with van der Waals surface area (Å²) in [5.74, 6) is -1.12. The third-order valence-electron chi connectivity index (χ3n) is 5.44. The van der Waals surface area contributed by atoms with Crippen LogP contribution in [-0.4, -0.2) is 28.6 Å². The molecule has 0 radical (unpaired) electrons. The summed E-state index contributed by atoms with van der Waals surface area (Å²) >= 11 is 12.1. The lowest BCUT2D eigenvalue weighted by atomic mass is 9.93. The molecule has 5 nitrogen and oxygen atoms in total. The summed E-state index contributed by atoms with van der Waals surface area (Å²) in [7, 11) is 0. The molecule has 1 N–H and O–H groups in total. The first-order valence-electron chi connectivity index (χ1n) is 10.8. The first-order valence-corrected chi connectivity index (χ1v) is 11.6. The topological polar surface area (TPSA) is 66.8 Å². The summed E-state index contributed by atoms with van der Waals surface area (Å²) in [6.45, 7) is 1.93. The Hall–Kier alpha value is -3.23. The number of alkyl halides is 3. The fraction of sp³-hybridized carbons (Fsp3) is 0.231. The van der Waals surface area contributed by atoms with Crippen LogP contribution in [0.1, 0.15) is 29.2 Å². The first-order chi connectivity index (χ1) is 17.0. The molecule has 0 atom stereocenters. The number of aliphatic carboxylic acids is 1. The van der Waals surface area contributed by atoms with Gasteiger partial charge in [0.05, 0.1) is 12.0 Å². The van der Waals surface area contributed by atoms with Crippen molar-refractivity contribution in [2.45, 2.75) is 32.7 Å². The number of hydrogen-bond acceptors (Lipinski definition) is 3. The van der Waals surface area contributed by atoms with Crippen molar-refractivity contribution >= 4 is 35.3 Å². The molecule has 3 rings (SSSR count). The molecule has 36 heavy (non-hydrogen) atoms. The Kier molecular flexibility index (Phi) is 8.87. The Morgan fingerprint density at radius 1 is 0.972 bits per heavy atom. The number of benzene rings is 3. The van der Waals surface area contributed by atoms with Gasteiger partial charge in [-0.3, -0.25) is 4.79 Å². The second kappa shape index (κ2) is 11.7. The Balaban J connectivity index is 1.94. The van der Waals surface area contributed by atoms with Crippen LogP contribution in [0.5, 0.6) is 0 Å².